The second-order valence-electron chi connectivity index (χ2n) is 2.24. The van der Waals surface area contributed by atoms with Gasteiger partial charge in [-0.15, -0.1) is 0 Å². The van der Waals surface area contributed by atoms with Gasteiger partial charge in [0.2, 0.25) is 0 Å². The number of hydrogen-bond acceptors (Lipinski definition) is 6. The Balaban J connectivity index is 3.08. The summed E-state index contributed by atoms with van der Waals surface area (Å²) >= 11 is 0. The molecule has 0 heterocycles. The Morgan fingerprint density at radius 1 is 1.23 bits per heavy atom. The minimum absolute atomic E-state index is 0.0191. The molecule has 0 bridgehead atoms. The standard InChI is InChI=1S/C6H13N3O4/c7-13-6(12)4-9-2-1-8-3-5(10)11/h8-9H,1-4,7H2,(H,10,11). The number of hydrogen-bond donors (Lipinski definition) is 4. The molecule has 0 atom stereocenters. The Morgan fingerprint density at radius 2 is 1.77 bits per heavy atom. The van der Waals surface area contributed by atoms with E-state index in [9.17, 15) is 9.59 Å². The summed E-state index contributed by atoms with van der Waals surface area (Å²) in [6.07, 6.45) is 0. The van der Waals surface area contributed by atoms with Crippen molar-refractivity contribution in [3.05, 3.63) is 0 Å². The molecule has 0 aromatic carbocycles. The van der Waals surface area contributed by atoms with Crippen molar-refractivity contribution >= 4 is 11.9 Å². The van der Waals surface area contributed by atoms with Crippen LogP contribution < -0.4 is 16.5 Å². The topological polar surface area (TPSA) is 114 Å². The van der Waals surface area contributed by atoms with Crippen LogP contribution >= 0.6 is 0 Å². The lowest BCUT2D eigenvalue weighted by atomic mass is 10.5. The molecule has 0 aliphatic rings. The van der Waals surface area contributed by atoms with E-state index in [1.54, 1.807) is 0 Å². The fourth-order valence-electron chi connectivity index (χ4n) is 0.604. The van der Waals surface area contributed by atoms with Crippen LogP contribution in [0.4, 0.5) is 0 Å². The summed E-state index contributed by atoms with van der Waals surface area (Å²) in [5.41, 5.74) is 0. The monoisotopic (exact) mass is 191 g/mol. The molecule has 7 heteroatoms. The van der Waals surface area contributed by atoms with Crippen molar-refractivity contribution in [1.29, 1.82) is 0 Å². The van der Waals surface area contributed by atoms with Gasteiger partial charge >= 0.3 is 11.9 Å². The molecular weight excluding hydrogens is 178 g/mol. The summed E-state index contributed by atoms with van der Waals surface area (Å²) in [5.74, 6) is 3.10. The maximum atomic E-state index is 10.4. The molecule has 7 nitrogen and oxygen atoms in total. The molecule has 0 rings (SSSR count). The highest BCUT2D eigenvalue weighted by molar-refractivity contribution is 5.71. The zero-order valence-electron chi connectivity index (χ0n) is 7.08. The molecule has 76 valence electrons. The molecular formula is C6H13N3O4. The fourth-order valence-corrected chi connectivity index (χ4v) is 0.604. The van der Waals surface area contributed by atoms with Crippen molar-refractivity contribution in [2.75, 3.05) is 26.2 Å². The molecule has 5 N–H and O–H groups in total. The average molecular weight is 191 g/mol. The van der Waals surface area contributed by atoms with Gasteiger partial charge in [0.25, 0.3) is 0 Å². The summed E-state index contributed by atoms with van der Waals surface area (Å²) in [7, 11) is 0. The molecule has 0 spiro atoms. The van der Waals surface area contributed by atoms with Crippen LogP contribution in [-0.2, 0) is 14.4 Å². The van der Waals surface area contributed by atoms with E-state index in [2.05, 4.69) is 21.4 Å². The molecule has 0 aromatic rings. The molecule has 0 amide bonds. The van der Waals surface area contributed by atoms with E-state index in [0.29, 0.717) is 13.1 Å². The minimum atomic E-state index is -0.915. The van der Waals surface area contributed by atoms with E-state index in [1.165, 1.54) is 0 Å². The third kappa shape index (κ3) is 8.73. The van der Waals surface area contributed by atoms with Crippen LogP contribution in [0.5, 0.6) is 0 Å². The van der Waals surface area contributed by atoms with Gasteiger partial charge in [0.1, 0.15) is 0 Å². The van der Waals surface area contributed by atoms with Crippen molar-refractivity contribution in [3.8, 4) is 0 Å². The lowest BCUT2D eigenvalue weighted by Gasteiger charge is -2.02. The SMILES string of the molecule is NOC(=O)CNCCNCC(=O)O. The Bertz CT molecular complexity index is 173. The van der Waals surface area contributed by atoms with Gasteiger partial charge in [-0.2, -0.15) is 5.90 Å². The second-order valence-corrected chi connectivity index (χ2v) is 2.24. The number of aliphatic carboxylic acids is 1. The van der Waals surface area contributed by atoms with Crippen molar-refractivity contribution in [2.45, 2.75) is 0 Å². The first-order valence-corrected chi connectivity index (χ1v) is 3.69. The van der Waals surface area contributed by atoms with Crippen molar-refractivity contribution in [3.63, 3.8) is 0 Å². The Hall–Kier alpha value is -1.18. The highest BCUT2D eigenvalue weighted by atomic mass is 16.7. The molecule has 0 saturated heterocycles. The Labute approximate surface area is 75.2 Å². The van der Waals surface area contributed by atoms with Gasteiger partial charge in [0, 0.05) is 13.1 Å². The number of rotatable bonds is 7. The molecule has 0 aromatic heterocycles. The zero-order chi connectivity index (χ0) is 10.1. The van der Waals surface area contributed by atoms with Crippen LogP contribution in [0.25, 0.3) is 0 Å². The van der Waals surface area contributed by atoms with Crippen molar-refractivity contribution in [2.24, 2.45) is 5.90 Å². The summed E-state index contributed by atoms with van der Waals surface area (Å²) in [5, 5.41) is 13.6. The van der Waals surface area contributed by atoms with E-state index < -0.39 is 11.9 Å². The van der Waals surface area contributed by atoms with Crippen LogP contribution in [0.2, 0.25) is 0 Å². The van der Waals surface area contributed by atoms with Crippen LogP contribution in [0.3, 0.4) is 0 Å². The number of carboxylic acids is 1. The van der Waals surface area contributed by atoms with E-state index in [1.807, 2.05) is 0 Å². The molecule has 0 radical (unpaired) electrons. The molecule has 0 fully saturated rings. The predicted molar refractivity (Wildman–Crippen MR) is 43.7 cm³/mol. The Morgan fingerprint density at radius 3 is 2.23 bits per heavy atom. The molecule has 0 saturated carbocycles. The summed E-state index contributed by atoms with van der Waals surface area (Å²) in [4.78, 5) is 24.3. The lowest BCUT2D eigenvalue weighted by Crippen LogP contribution is -2.34. The van der Waals surface area contributed by atoms with E-state index in [4.69, 9.17) is 5.11 Å². The zero-order valence-corrected chi connectivity index (χ0v) is 7.08. The highest BCUT2D eigenvalue weighted by Crippen LogP contribution is 1.66. The third-order valence-electron chi connectivity index (χ3n) is 1.16. The lowest BCUT2D eigenvalue weighted by molar-refractivity contribution is -0.143. The highest BCUT2D eigenvalue weighted by Gasteiger charge is 1.98. The normalized spacial score (nSPS) is 9.62. The van der Waals surface area contributed by atoms with Crippen LogP contribution in [0, 0.1) is 0 Å². The van der Waals surface area contributed by atoms with Gasteiger partial charge in [-0.1, -0.05) is 0 Å². The quantitative estimate of drug-likeness (QED) is 0.263. The molecule has 13 heavy (non-hydrogen) atoms. The first kappa shape index (κ1) is 11.8. The summed E-state index contributed by atoms with van der Waals surface area (Å²) < 4.78 is 0. The number of carbonyl (C=O) groups is 2. The first-order chi connectivity index (χ1) is 6.16. The van der Waals surface area contributed by atoms with Gasteiger partial charge in [-0.05, 0) is 0 Å². The average Bonchev–Trinajstić information content (AvgIpc) is 2.10. The molecule has 0 aliphatic heterocycles. The van der Waals surface area contributed by atoms with E-state index >= 15 is 0 Å². The maximum Gasteiger partial charge on any atom is 0.338 e. The maximum absolute atomic E-state index is 10.4. The summed E-state index contributed by atoms with van der Waals surface area (Å²) in [6.45, 7) is 0.862. The first-order valence-electron chi connectivity index (χ1n) is 3.69. The number of carbonyl (C=O) groups excluding carboxylic acids is 1. The van der Waals surface area contributed by atoms with Gasteiger partial charge < -0.3 is 20.6 Å². The Kier molecular flexibility index (Phi) is 6.79. The van der Waals surface area contributed by atoms with Gasteiger partial charge in [-0.25, -0.2) is 4.79 Å². The van der Waals surface area contributed by atoms with Gasteiger partial charge in [-0.3, -0.25) is 4.79 Å². The number of nitrogens with one attached hydrogen (secondary N) is 2. The second kappa shape index (κ2) is 7.47. The van der Waals surface area contributed by atoms with Crippen molar-refractivity contribution in [1.82, 2.24) is 10.6 Å². The van der Waals surface area contributed by atoms with Crippen LogP contribution in [-0.4, -0.2) is 43.2 Å². The fraction of sp³-hybridized carbons (Fsp3) is 0.667. The number of nitrogens with two attached hydrogens (primary N) is 1. The van der Waals surface area contributed by atoms with E-state index in [-0.39, 0.29) is 13.1 Å². The largest absolute Gasteiger partial charge is 0.480 e. The predicted octanol–water partition coefficient (Wildman–Crippen LogP) is -2.33. The smallest absolute Gasteiger partial charge is 0.338 e. The van der Waals surface area contributed by atoms with Crippen LogP contribution in [0.1, 0.15) is 0 Å². The van der Waals surface area contributed by atoms with Gasteiger partial charge in [0.05, 0.1) is 13.1 Å². The van der Waals surface area contributed by atoms with Crippen LogP contribution in [0.15, 0.2) is 0 Å². The summed E-state index contributed by atoms with van der Waals surface area (Å²) in [6, 6.07) is 0. The van der Waals surface area contributed by atoms with Gasteiger partial charge in [0.15, 0.2) is 0 Å². The molecule has 0 aliphatic carbocycles. The van der Waals surface area contributed by atoms with E-state index in [0.717, 1.165) is 0 Å². The molecule has 0 unspecified atom stereocenters. The third-order valence-corrected chi connectivity index (χ3v) is 1.16. The number of carboxylic acid groups (broad SMARTS) is 1. The van der Waals surface area contributed by atoms with Crippen molar-refractivity contribution < 1.29 is 19.5 Å². The minimum Gasteiger partial charge on any atom is -0.480 e.